The van der Waals surface area contributed by atoms with Crippen LogP contribution >= 0.6 is 0 Å². The summed E-state index contributed by atoms with van der Waals surface area (Å²) < 4.78 is 5.16. The predicted octanol–water partition coefficient (Wildman–Crippen LogP) is 2.83. The Kier molecular flexibility index (Phi) is 5.64. The Morgan fingerprint density at radius 3 is 2.26 bits per heavy atom. The van der Waals surface area contributed by atoms with Crippen molar-refractivity contribution in [3.8, 4) is 11.5 Å². The zero-order chi connectivity index (χ0) is 16.9. The molecule has 0 heterocycles. The van der Waals surface area contributed by atoms with Crippen molar-refractivity contribution in [1.82, 2.24) is 5.32 Å². The number of aliphatic hydroxyl groups is 1. The largest absolute Gasteiger partial charge is 0.508 e. The molecule has 2 aromatic rings. The van der Waals surface area contributed by atoms with Gasteiger partial charge in [-0.25, -0.2) is 0 Å². The molecule has 0 spiro atoms. The molecule has 0 aliphatic rings. The van der Waals surface area contributed by atoms with Gasteiger partial charge < -0.3 is 20.3 Å². The highest BCUT2D eigenvalue weighted by Crippen LogP contribution is 2.22. The summed E-state index contributed by atoms with van der Waals surface area (Å²) in [5, 5.41) is 23.3. The summed E-state index contributed by atoms with van der Waals surface area (Å²) in [4.78, 5) is 0. The molecule has 2 rings (SSSR count). The third-order valence-electron chi connectivity index (χ3n) is 3.98. The zero-order valence-corrected chi connectivity index (χ0v) is 13.9. The Balaban J connectivity index is 1.89. The van der Waals surface area contributed by atoms with Gasteiger partial charge in [0, 0.05) is 12.6 Å². The van der Waals surface area contributed by atoms with Crippen LogP contribution in [0.25, 0.3) is 0 Å². The van der Waals surface area contributed by atoms with Gasteiger partial charge in [-0.05, 0) is 55.7 Å². The summed E-state index contributed by atoms with van der Waals surface area (Å²) in [5.74, 6) is 1.05. The Morgan fingerprint density at radius 2 is 1.70 bits per heavy atom. The topological polar surface area (TPSA) is 61.7 Å². The minimum Gasteiger partial charge on any atom is -0.508 e. The highest BCUT2D eigenvalue weighted by molar-refractivity contribution is 5.30. The van der Waals surface area contributed by atoms with Crippen LogP contribution in [0.3, 0.4) is 0 Å². The summed E-state index contributed by atoms with van der Waals surface area (Å²) in [7, 11) is 1.66. The molecule has 0 saturated heterocycles. The van der Waals surface area contributed by atoms with E-state index in [1.807, 2.05) is 12.1 Å². The van der Waals surface area contributed by atoms with Crippen LogP contribution in [0.4, 0.5) is 0 Å². The molecule has 23 heavy (non-hydrogen) atoms. The first-order valence-corrected chi connectivity index (χ1v) is 7.79. The number of hydrogen-bond donors (Lipinski definition) is 3. The van der Waals surface area contributed by atoms with Gasteiger partial charge in [0.1, 0.15) is 11.5 Å². The fraction of sp³-hybridized carbons (Fsp3) is 0.368. The molecule has 0 amide bonds. The lowest BCUT2D eigenvalue weighted by Gasteiger charge is -2.26. The van der Waals surface area contributed by atoms with E-state index in [1.54, 1.807) is 38.3 Å². The molecular weight excluding hydrogens is 290 g/mol. The number of methoxy groups -OCH3 is 1. The van der Waals surface area contributed by atoms with E-state index in [2.05, 4.69) is 24.4 Å². The summed E-state index contributed by atoms with van der Waals surface area (Å²) >= 11 is 0. The molecule has 0 radical (unpaired) electrons. The average Bonchev–Trinajstić information content (AvgIpc) is 2.54. The number of nitrogens with one attached hydrogen (secondary N) is 1. The molecule has 0 aromatic heterocycles. The molecule has 124 valence electrons. The molecule has 0 fully saturated rings. The van der Waals surface area contributed by atoms with Crippen LogP contribution in [0.15, 0.2) is 48.5 Å². The molecule has 4 heteroatoms. The first-order valence-electron chi connectivity index (χ1n) is 7.79. The smallest absolute Gasteiger partial charge is 0.118 e. The number of phenols is 1. The first kappa shape index (κ1) is 17.3. The van der Waals surface area contributed by atoms with Gasteiger partial charge in [0.15, 0.2) is 0 Å². The maximum Gasteiger partial charge on any atom is 0.118 e. The molecular formula is C19H25NO3. The minimum atomic E-state index is -0.984. The minimum absolute atomic E-state index is 0.199. The maximum atomic E-state index is 10.6. The second kappa shape index (κ2) is 7.49. The van der Waals surface area contributed by atoms with E-state index in [0.717, 1.165) is 17.7 Å². The molecule has 3 N–H and O–H groups in total. The predicted molar refractivity (Wildman–Crippen MR) is 91.8 cm³/mol. The molecule has 0 bridgehead atoms. The van der Waals surface area contributed by atoms with E-state index < -0.39 is 5.60 Å². The van der Waals surface area contributed by atoms with Crippen molar-refractivity contribution in [2.45, 2.75) is 31.9 Å². The summed E-state index contributed by atoms with van der Waals surface area (Å²) in [6.07, 6.45) is 0.871. The fourth-order valence-electron chi connectivity index (χ4n) is 2.48. The van der Waals surface area contributed by atoms with E-state index >= 15 is 0 Å². The normalized spacial score (nSPS) is 15.0. The van der Waals surface area contributed by atoms with Crippen LogP contribution in [-0.4, -0.2) is 29.9 Å². The van der Waals surface area contributed by atoms with E-state index in [0.29, 0.717) is 6.54 Å². The van der Waals surface area contributed by atoms with E-state index in [4.69, 9.17) is 4.74 Å². The number of aromatic hydroxyl groups is 1. The van der Waals surface area contributed by atoms with Crippen molar-refractivity contribution in [2.75, 3.05) is 13.7 Å². The van der Waals surface area contributed by atoms with Crippen molar-refractivity contribution >= 4 is 0 Å². The molecule has 2 unspecified atom stereocenters. The Bertz CT molecular complexity index is 606. The Morgan fingerprint density at radius 1 is 1.09 bits per heavy atom. The summed E-state index contributed by atoms with van der Waals surface area (Å²) in [6.45, 7) is 4.30. The second-order valence-corrected chi connectivity index (χ2v) is 6.15. The van der Waals surface area contributed by atoms with Gasteiger partial charge in [-0.2, -0.15) is 0 Å². The van der Waals surface area contributed by atoms with Crippen molar-refractivity contribution < 1.29 is 14.9 Å². The first-order chi connectivity index (χ1) is 10.9. The number of ether oxygens (including phenoxy) is 1. The van der Waals surface area contributed by atoms with Crippen molar-refractivity contribution in [3.05, 3.63) is 59.7 Å². The number of rotatable bonds is 7. The Hall–Kier alpha value is -2.04. The third kappa shape index (κ3) is 4.98. The lowest BCUT2D eigenvalue weighted by Crippen LogP contribution is -2.40. The van der Waals surface area contributed by atoms with Gasteiger partial charge in [-0.3, -0.25) is 0 Å². The summed E-state index contributed by atoms with van der Waals surface area (Å²) in [6, 6.07) is 14.9. The van der Waals surface area contributed by atoms with E-state index in [-0.39, 0.29) is 11.8 Å². The van der Waals surface area contributed by atoms with Gasteiger partial charge in [0.05, 0.1) is 12.7 Å². The van der Waals surface area contributed by atoms with Crippen LogP contribution in [0, 0.1) is 0 Å². The lowest BCUT2D eigenvalue weighted by atomic mass is 9.95. The average molecular weight is 315 g/mol. The lowest BCUT2D eigenvalue weighted by molar-refractivity contribution is 0.0543. The SMILES string of the molecule is COc1ccc(CC(C)NCC(C)(O)c2ccc(O)cc2)cc1. The molecule has 2 atom stereocenters. The summed E-state index contributed by atoms with van der Waals surface area (Å²) in [5.41, 5.74) is 1.01. The number of benzene rings is 2. The molecule has 0 saturated carbocycles. The maximum absolute atomic E-state index is 10.6. The number of phenolic OH excluding ortho intramolecular Hbond substituents is 1. The second-order valence-electron chi connectivity index (χ2n) is 6.15. The van der Waals surface area contributed by atoms with E-state index in [1.165, 1.54) is 5.56 Å². The van der Waals surface area contributed by atoms with Gasteiger partial charge in [-0.15, -0.1) is 0 Å². The van der Waals surface area contributed by atoms with Crippen LogP contribution < -0.4 is 10.1 Å². The van der Waals surface area contributed by atoms with Gasteiger partial charge in [-0.1, -0.05) is 24.3 Å². The highest BCUT2D eigenvalue weighted by Gasteiger charge is 2.23. The van der Waals surface area contributed by atoms with Crippen LogP contribution in [-0.2, 0) is 12.0 Å². The van der Waals surface area contributed by atoms with Crippen molar-refractivity contribution in [3.63, 3.8) is 0 Å². The molecule has 0 aliphatic carbocycles. The molecule has 2 aromatic carbocycles. The van der Waals surface area contributed by atoms with Gasteiger partial charge in [0.2, 0.25) is 0 Å². The number of hydrogen-bond acceptors (Lipinski definition) is 4. The monoisotopic (exact) mass is 315 g/mol. The van der Waals surface area contributed by atoms with Crippen LogP contribution in [0.5, 0.6) is 11.5 Å². The highest BCUT2D eigenvalue weighted by atomic mass is 16.5. The van der Waals surface area contributed by atoms with Crippen LogP contribution in [0.2, 0.25) is 0 Å². The molecule has 4 nitrogen and oxygen atoms in total. The molecule has 0 aliphatic heterocycles. The quantitative estimate of drug-likeness (QED) is 0.735. The zero-order valence-electron chi connectivity index (χ0n) is 13.9. The van der Waals surface area contributed by atoms with Gasteiger partial charge in [0.25, 0.3) is 0 Å². The third-order valence-corrected chi connectivity index (χ3v) is 3.98. The van der Waals surface area contributed by atoms with Gasteiger partial charge >= 0.3 is 0 Å². The van der Waals surface area contributed by atoms with Crippen molar-refractivity contribution in [1.29, 1.82) is 0 Å². The van der Waals surface area contributed by atoms with Crippen LogP contribution in [0.1, 0.15) is 25.0 Å². The van der Waals surface area contributed by atoms with E-state index in [9.17, 15) is 10.2 Å². The Labute approximate surface area is 137 Å². The fourth-order valence-corrected chi connectivity index (χ4v) is 2.48. The van der Waals surface area contributed by atoms with Crippen molar-refractivity contribution in [2.24, 2.45) is 0 Å². The standard InChI is InChI=1S/C19H25NO3/c1-14(12-15-4-10-18(23-3)11-5-15)20-13-19(2,22)16-6-8-17(21)9-7-16/h4-11,14,20-22H,12-13H2,1-3H3.